The van der Waals surface area contributed by atoms with Crippen molar-refractivity contribution in [3.63, 3.8) is 0 Å². The highest BCUT2D eigenvalue weighted by atomic mass is 16.6. The van der Waals surface area contributed by atoms with Crippen LogP contribution in [-0.4, -0.2) is 24.2 Å². The van der Waals surface area contributed by atoms with Crippen LogP contribution in [0.1, 0.15) is 26.3 Å². The number of nitriles is 1. The van der Waals surface area contributed by atoms with Gasteiger partial charge in [-0.25, -0.2) is 0 Å². The number of nitrogens with zero attached hydrogens (tertiary/aromatic N) is 2. The predicted molar refractivity (Wildman–Crippen MR) is 76.6 cm³/mol. The lowest BCUT2D eigenvalue weighted by Crippen LogP contribution is -2.31. The van der Waals surface area contributed by atoms with Crippen molar-refractivity contribution in [2.45, 2.75) is 26.8 Å². The van der Waals surface area contributed by atoms with Gasteiger partial charge in [-0.05, 0) is 25.0 Å². The second kappa shape index (κ2) is 7.46. The molecule has 1 rings (SSSR count). The van der Waals surface area contributed by atoms with Crippen LogP contribution in [0.5, 0.6) is 0 Å². The molecule has 0 aromatic heterocycles. The van der Waals surface area contributed by atoms with Gasteiger partial charge in [-0.2, -0.15) is 5.26 Å². The Morgan fingerprint density at radius 2 is 2.20 bits per heavy atom. The molecule has 0 radical (unpaired) electrons. The molecule has 1 aromatic rings. The lowest BCUT2D eigenvalue weighted by Gasteiger charge is -2.23. The van der Waals surface area contributed by atoms with Gasteiger partial charge in [-0.1, -0.05) is 13.8 Å². The van der Waals surface area contributed by atoms with Crippen molar-refractivity contribution in [1.29, 1.82) is 5.26 Å². The Labute approximate surface area is 118 Å². The lowest BCUT2D eigenvalue weighted by molar-refractivity contribution is -0.384. The minimum atomic E-state index is -0.485. The molecule has 0 heterocycles. The Morgan fingerprint density at radius 1 is 1.50 bits per heavy atom. The van der Waals surface area contributed by atoms with Gasteiger partial charge in [-0.15, -0.1) is 0 Å². The molecule has 20 heavy (non-hydrogen) atoms. The topological polar surface area (TPSA) is 88.2 Å². The molecule has 0 saturated carbocycles. The summed E-state index contributed by atoms with van der Waals surface area (Å²) in [5, 5.41) is 23.0. The normalized spacial score (nSPS) is 11.9. The summed E-state index contributed by atoms with van der Waals surface area (Å²) in [6.45, 7) is 7.02. The molecule has 108 valence electrons. The van der Waals surface area contributed by atoms with E-state index in [1.54, 1.807) is 12.1 Å². The fourth-order valence-corrected chi connectivity index (χ4v) is 1.72. The Morgan fingerprint density at radius 3 is 2.70 bits per heavy atom. The molecular formula is C14H19N3O3. The Hall–Kier alpha value is -2.13. The van der Waals surface area contributed by atoms with E-state index < -0.39 is 4.92 Å². The summed E-state index contributed by atoms with van der Waals surface area (Å²) >= 11 is 0. The number of hydrogen-bond acceptors (Lipinski definition) is 5. The van der Waals surface area contributed by atoms with Gasteiger partial charge in [0, 0.05) is 12.7 Å². The van der Waals surface area contributed by atoms with E-state index in [1.807, 2.05) is 26.8 Å². The van der Waals surface area contributed by atoms with E-state index in [2.05, 4.69) is 5.32 Å². The van der Waals surface area contributed by atoms with Gasteiger partial charge in [0.2, 0.25) is 0 Å². The van der Waals surface area contributed by atoms with Crippen LogP contribution >= 0.6 is 0 Å². The second-order valence-corrected chi connectivity index (χ2v) is 4.76. The third-order valence-electron chi connectivity index (χ3n) is 2.97. The number of benzene rings is 1. The molecule has 6 heteroatoms. The molecule has 0 aliphatic carbocycles. The number of rotatable bonds is 7. The minimum absolute atomic E-state index is 0.0263. The SMILES string of the molecule is CCOCC(Nc1ccc(C#N)cc1[N+](=O)[O-])C(C)C. The predicted octanol–water partition coefficient (Wildman–Crippen LogP) is 2.94. The van der Waals surface area contributed by atoms with Crippen LogP contribution in [0.3, 0.4) is 0 Å². The maximum atomic E-state index is 11.1. The molecule has 6 nitrogen and oxygen atoms in total. The van der Waals surface area contributed by atoms with E-state index >= 15 is 0 Å². The highest BCUT2D eigenvalue weighted by Gasteiger charge is 2.20. The van der Waals surface area contributed by atoms with Crippen LogP contribution in [-0.2, 0) is 4.74 Å². The van der Waals surface area contributed by atoms with Gasteiger partial charge in [0.15, 0.2) is 0 Å². The van der Waals surface area contributed by atoms with Gasteiger partial charge in [0.25, 0.3) is 5.69 Å². The number of nitro groups is 1. The van der Waals surface area contributed by atoms with Crippen LogP contribution in [0.25, 0.3) is 0 Å². The first kappa shape index (κ1) is 15.9. The fourth-order valence-electron chi connectivity index (χ4n) is 1.72. The van der Waals surface area contributed by atoms with E-state index in [-0.39, 0.29) is 23.2 Å². The van der Waals surface area contributed by atoms with Crippen molar-refractivity contribution in [3.05, 3.63) is 33.9 Å². The molecule has 0 amide bonds. The summed E-state index contributed by atoms with van der Waals surface area (Å²) in [6.07, 6.45) is 0. The molecule has 0 spiro atoms. The van der Waals surface area contributed by atoms with E-state index in [1.165, 1.54) is 6.07 Å². The van der Waals surface area contributed by atoms with Crippen molar-refractivity contribution in [2.24, 2.45) is 5.92 Å². The van der Waals surface area contributed by atoms with Crippen molar-refractivity contribution < 1.29 is 9.66 Å². The van der Waals surface area contributed by atoms with Gasteiger partial charge in [-0.3, -0.25) is 10.1 Å². The largest absolute Gasteiger partial charge is 0.380 e. The van der Waals surface area contributed by atoms with E-state index in [4.69, 9.17) is 10.00 Å². The molecule has 0 aliphatic rings. The van der Waals surface area contributed by atoms with Gasteiger partial charge in [0.05, 0.1) is 29.2 Å². The molecule has 0 saturated heterocycles. The zero-order chi connectivity index (χ0) is 15.1. The quantitative estimate of drug-likeness (QED) is 0.611. The average molecular weight is 277 g/mol. The Kier molecular flexibility index (Phi) is 5.94. The lowest BCUT2D eigenvalue weighted by atomic mass is 10.0. The highest BCUT2D eigenvalue weighted by Crippen LogP contribution is 2.27. The van der Waals surface area contributed by atoms with E-state index in [0.717, 1.165) is 0 Å². The van der Waals surface area contributed by atoms with E-state index in [9.17, 15) is 10.1 Å². The molecule has 0 fully saturated rings. The number of hydrogen-bond donors (Lipinski definition) is 1. The Balaban J connectivity index is 3.00. The van der Waals surface area contributed by atoms with Crippen LogP contribution in [0, 0.1) is 27.4 Å². The molecule has 0 bridgehead atoms. The summed E-state index contributed by atoms with van der Waals surface area (Å²) in [4.78, 5) is 10.6. The van der Waals surface area contributed by atoms with Crippen molar-refractivity contribution in [2.75, 3.05) is 18.5 Å². The van der Waals surface area contributed by atoms with Crippen molar-refractivity contribution >= 4 is 11.4 Å². The molecular weight excluding hydrogens is 258 g/mol. The first-order valence-corrected chi connectivity index (χ1v) is 6.52. The Bertz CT molecular complexity index is 509. The zero-order valence-electron chi connectivity index (χ0n) is 11.9. The zero-order valence-corrected chi connectivity index (χ0v) is 11.9. The van der Waals surface area contributed by atoms with Gasteiger partial charge < -0.3 is 10.1 Å². The third-order valence-corrected chi connectivity index (χ3v) is 2.97. The maximum absolute atomic E-state index is 11.1. The average Bonchev–Trinajstić information content (AvgIpc) is 2.42. The number of nitrogens with one attached hydrogen (secondary N) is 1. The summed E-state index contributed by atoms with van der Waals surface area (Å²) in [5.41, 5.74) is 0.590. The number of anilines is 1. The molecule has 0 aliphatic heterocycles. The van der Waals surface area contributed by atoms with Crippen LogP contribution in [0.4, 0.5) is 11.4 Å². The van der Waals surface area contributed by atoms with E-state index in [0.29, 0.717) is 18.9 Å². The molecule has 1 atom stereocenters. The molecule has 1 N–H and O–H groups in total. The molecule has 1 aromatic carbocycles. The number of nitro benzene ring substituents is 1. The third kappa shape index (κ3) is 4.21. The summed E-state index contributed by atoms with van der Waals surface area (Å²) in [6, 6.07) is 6.29. The monoisotopic (exact) mass is 277 g/mol. The summed E-state index contributed by atoms with van der Waals surface area (Å²) in [5.74, 6) is 0.261. The highest BCUT2D eigenvalue weighted by molar-refractivity contribution is 5.64. The van der Waals surface area contributed by atoms with Gasteiger partial charge in [0.1, 0.15) is 5.69 Å². The second-order valence-electron chi connectivity index (χ2n) is 4.76. The summed E-state index contributed by atoms with van der Waals surface area (Å²) in [7, 11) is 0. The standard InChI is InChI=1S/C14H19N3O3/c1-4-20-9-13(10(2)3)16-12-6-5-11(8-15)7-14(12)17(18)19/h5-7,10,13,16H,4,9H2,1-3H3. The smallest absolute Gasteiger partial charge is 0.293 e. The van der Waals surface area contributed by atoms with Crippen LogP contribution in [0.15, 0.2) is 18.2 Å². The van der Waals surface area contributed by atoms with Gasteiger partial charge >= 0.3 is 0 Å². The maximum Gasteiger partial charge on any atom is 0.293 e. The minimum Gasteiger partial charge on any atom is -0.380 e. The van der Waals surface area contributed by atoms with Crippen molar-refractivity contribution in [3.8, 4) is 6.07 Å². The fraction of sp³-hybridized carbons (Fsp3) is 0.500. The molecule has 1 unspecified atom stereocenters. The summed E-state index contributed by atoms with van der Waals surface area (Å²) < 4.78 is 5.39. The first-order chi connectivity index (χ1) is 9.49. The first-order valence-electron chi connectivity index (χ1n) is 6.52. The van der Waals surface area contributed by atoms with Crippen molar-refractivity contribution in [1.82, 2.24) is 0 Å². The van der Waals surface area contributed by atoms with Crippen LogP contribution < -0.4 is 5.32 Å². The van der Waals surface area contributed by atoms with Crippen LogP contribution in [0.2, 0.25) is 0 Å². The number of ether oxygens (including phenoxy) is 1.